The Labute approximate surface area is 358 Å². The summed E-state index contributed by atoms with van der Waals surface area (Å²) in [5, 5.41) is 0. The molecule has 0 amide bonds. The molecule has 328 valence electrons. The summed E-state index contributed by atoms with van der Waals surface area (Å²) in [6.07, 6.45) is 3.39. The van der Waals surface area contributed by atoms with Crippen LogP contribution in [0.1, 0.15) is 77.0 Å². The van der Waals surface area contributed by atoms with E-state index in [0.717, 1.165) is 23.1 Å². The van der Waals surface area contributed by atoms with Crippen molar-refractivity contribution in [3.05, 3.63) is 120 Å². The van der Waals surface area contributed by atoms with Gasteiger partial charge in [-0.2, -0.15) is 0 Å². The van der Waals surface area contributed by atoms with Gasteiger partial charge in [-0.05, 0) is 67.6 Å². The molecule has 3 aromatic carbocycles. The van der Waals surface area contributed by atoms with Crippen molar-refractivity contribution in [3.8, 4) is 0 Å². The van der Waals surface area contributed by atoms with Crippen molar-refractivity contribution in [2.75, 3.05) is 33.7 Å². The minimum absolute atomic E-state index is 0.0646. The first-order valence-corrected chi connectivity index (χ1v) is 22.0. The Balaban J connectivity index is 1.25. The van der Waals surface area contributed by atoms with Gasteiger partial charge in [0.2, 0.25) is 0 Å². The Kier molecular flexibility index (Phi) is 17.8. The summed E-state index contributed by atoms with van der Waals surface area (Å²) in [6.45, 7) is 13.2. The number of carbonyl (C=O) groups excluding carboxylic acids is 1. The second-order valence-corrected chi connectivity index (χ2v) is 17.1. The maximum Gasteiger partial charge on any atom is 0.311 e. The van der Waals surface area contributed by atoms with E-state index < -0.39 is 48.1 Å². The fourth-order valence-corrected chi connectivity index (χ4v) is 9.01. The van der Waals surface area contributed by atoms with Gasteiger partial charge in [0.15, 0.2) is 0 Å². The number of benzene rings is 3. The summed E-state index contributed by atoms with van der Waals surface area (Å²) in [5.74, 6) is -0.736. The molecule has 3 aromatic rings. The van der Waals surface area contributed by atoms with E-state index in [9.17, 15) is 4.79 Å². The minimum Gasteiger partial charge on any atom is -0.459 e. The van der Waals surface area contributed by atoms with E-state index in [1.54, 1.807) is 7.11 Å². The lowest BCUT2D eigenvalue weighted by Crippen LogP contribution is -2.63. The molecular weight excluding hydrogens is 761 g/mol. The van der Waals surface area contributed by atoms with Crippen molar-refractivity contribution in [3.63, 3.8) is 0 Å². The number of methoxy groups -OCH3 is 1. The van der Waals surface area contributed by atoms with Crippen LogP contribution < -0.4 is 0 Å². The molecule has 0 saturated carbocycles. The molecule has 10 heteroatoms. The third kappa shape index (κ3) is 12.3. The van der Waals surface area contributed by atoms with Crippen molar-refractivity contribution in [1.82, 2.24) is 0 Å². The fourth-order valence-electron chi connectivity index (χ4n) is 9.01. The van der Waals surface area contributed by atoms with Gasteiger partial charge in [-0.15, -0.1) is 0 Å². The van der Waals surface area contributed by atoms with Crippen molar-refractivity contribution in [2.45, 2.75) is 128 Å². The van der Waals surface area contributed by atoms with Crippen LogP contribution in [0.15, 0.2) is 103 Å². The molecule has 3 aliphatic rings. The van der Waals surface area contributed by atoms with Gasteiger partial charge >= 0.3 is 5.97 Å². The van der Waals surface area contributed by atoms with Crippen LogP contribution in [0.3, 0.4) is 0 Å². The molecule has 0 unspecified atom stereocenters. The van der Waals surface area contributed by atoms with Gasteiger partial charge in [0, 0.05) is 20.1 Å². The highest BCUT2D eigenvalue weighted by molar-refractivity contribution is 5.73. The molecule has 0 N–H and O–H groups in total. The van der Waals surface area contributed by atoms with Crippen LogP contribution in [0.25, 0.3) is 0 Å². The maximum absolute atomic E-state index is 14.8. The van der Waals surface area contributed by atoms with E-state index in [-0.39, 0.29) is 43.2 Å². The zero-order chi connectivity index (χ0) is 42.3. The summed E-state index contributed by atoms with van der Waals surface area (Å²) in [7, 11) is 1.61. The third-order valence-corrected chi connectivity index (χ3v) is 12.7. The van der Waals surface area contributed by atoms with Crippen LogP contribution in [0.4, 0.5) is 0 Å². The summed E-state index contributed by atoms with van der Waals surface area (Å²) in [5.41, 5.74) is 2.65. The van der Waals surface area contributed by atoms with Crippen molar-refractivity contribution >= 4 is 5.97 Å². The summed E-state index contributed by atoms with van der Waals surface area (Å²) in [6, 6.07) is 30.3. The van der Waals surface area contributed by atoms with Crippen LogP contribution in [-0.4, -0.2) is 88.0 Å². The number of carbonyl (C=O) groups is 1. The molecule has 0 aromatic heterocycles. The molecule has 0 radical (unpaired) electrons. The number of rotatable bonds is 19. The zero-order valence-electron chi connectivity index (χ0n) is 36.5. The molecule has 0 bridgehead atoms. The molecule has 3 heterocycles. The van der Waals surface area contributed by atoms with Crippen LogP contribution in [-0.2, 0) is 67.2 Å². The molecule has 10 nitrogen and oxygen atoms in total. The Hall–Kier alpha value is -3.45. The number of hydrogen-bond donors (Lipinski definition) is 0. The Bertz CT molecular complexity index is 1700. The van der Waals surface area contributed by atoms with E-state index >= 15 is 0 Å². The van der Waals surface area contributed by atoms with E-state index in [1.165, 1.54) is 0 Å². The first-order chi connectivity index (χ1) is 29.2. The average molecular weight is 829 g/mol. The summed E-state index contributed by atoms with van der Waals surface area (Å²) < 4.78 is 58.4. The van der Waals surface area contributed by atoms with E-state index in [1.807, 2.05) is 86.7 Å². The lowest BCUT2D eigenvalue weighted by atomic mass is 9.71. The zero-order valence-corrected chi connectivity index (χ0v) is 36.5. The molecule has 3 aliphatic heterocycles. The predicted octanol–water partition coefficient (Wildman–Crippen LogP) is 8.89. The second-order valence-electron chi connectivity index (χ2n) is 17.1. The first-order valence-electron chi connectivity index (χ1n) is 22.0. The highest BCUT2D eigenvalue weighted by Crippen LogP contribution is 2.46. The quantitative estimate of drug-likeness (QED) is 0.0662. The van der Waals surface area contributed by atoms with Gasteiger partial charge < -0.3 is 42.6 Å². The van der Waals surface area contributed by atoms with Crippen molar-refractivity contribution < 1.29 is 47.4 Å². The summed E-state index contributed by atoms with van der Waals surface area (Å²) >= 11 is 0. The smallest absolute Gasteiger partial charge is 0.311 e. The number of allylic oxidation sites excluding steroid dienone is 1. The minimum atomic E-state index is -0.720. The van der Waals surface area contributed by atoms with E-state index in [4.69, 9.17) is 42.6 Å². The lowest BCUT2D eigenvalue weighted by Gasteiger charge is -2.52. The van der Waals surface area contributed by atoms with E-state index in [0.29, 0.717) is 52.3 Å². The van der Waals surface area contributed by atoms with Gasteiger partial charge in [-0.1, -0.05) is 124 Å². The molecule has 6 rings (SSSR count). The number of ether oxygens (including phenoxy) is 9. The van der Waals surface area contributed by atoms with Gasteiger partial charge in [-0.3, -0.25) is 4.79 Å². The largest absolute Gasteiger partial charge is 0.459 e. The third-order valence-electron chi connectivity index (χ3n) is 12.7. The van der Waals surface area contributed by atoms with Gasteiger partial charge in [0.25, 0.3) is 0 Å². The molecular formula is C50H68O10. The highest BCUT2D eigenvalue weighted by atomic mass is 16.7. The Morgan fingerprint density at radius 3 is 2.08 bits per heavy atom. The average Bonchev–Trinajstić information content (AvgIpc) is 3.74. The molecule has 3 fully saturated rings. The standard InChI is InChI=1S/C50H68O10/c1-7-8-24-42-44(28-35(2)27-43(55-30-40-20-14-10-15-21-40)45(58-42)32-54-29-39-18-12-9-13-19-39)59-49(51)37(4)47(56-31-41-22-16-11-17-23-41)48-46(57-34-52-6)36(3)38(5)50(60-48)25-26-53-33-50/h7-23,35-38,42-48H,24-34H2,1-6H3/b8-7-/t35-,36-,37-,38-,42+,43+,44-,45-,46+,47-,48+,50+/m0/s1. The van der Waals surface area contributed by atoms with E-state index in [2.05, 4.69) is 51.1 Å². The lowest BCUT2D eigenvalue weighted by molar-refractivity contribution is -0.280. The van der Waals surface area contributed by atoms with Gasteiger partial charge in [-0.25, -0.2) is 0 Å². The van der Waals surface area contributed by atoms with Crippen LogP contribution in [0.2, 0.25) is 0 Å². The predicted molar refractivity (Wildman–Crippen MR) is 230 cm³/mol. The Morgan fingerprint density at radius 2 is 1.47 bits per heavy atom. The maximum atomic E-state index is 14.8. The number of hydrogen-bond acceptors (Lipinski definition) is 10. The normalized spacial score (nSPS) is 30.8. The van der Waals surface area contributed by atoms with Gasteiger partial charge in [0.05, 0.1) is 69.0 Å². The molecule has 0 aliphatic carbocycles. The van der Waals surface area contributed by atoms with Crippen LogP contribution in [0, 0.1) is 23.7 Å². The van der Waals surface area contributed by atoms with Crippen LogP contribution in [0.5, 0.6) is 0 Å². The number of esters is 1. The topological polar surface area (TPSA) is 100 Å². The first kappa shape index (κ1) is 46.1. The molecule has 12 atom stereocenters. The van der Waals surface area contributed by atoms with Gasteiger partial charge in [0.1, 0.15) is 25.1 Å². The Morgan fingerprint density at radius 1 is 0.833 bits per heavy atom. The molecule has 60 heavy (non-hydrogen) atoms. The molecule has 1 spiro atoms. The van der Waals surface area contributed by atoms with Crippen molar-refractivity contribution in [1.29, 1.82) is 0 Å². The summed E-state index contributed by atoms with van der Waals surface area (Å²) in [4.78, 5) is 14.8. The molecule has 3 saturated heterocycles. The second kappa shape index (κ2) is 23.1. The highest BCUT2D eigenvalue weighted by Gasteiger charge is 2.56. The SMILES string of the molecule is C/C=C\C[C@H]1O[C@@H](COCc2ccccc2)[C@H](OCc2ccccc2)C[C@H](C)C[C@@H]1OC(=O)[C@@H](C)[C@H](OCc1ccccc1)[C@@H]1O[C@@]2(CCOC2)[C@@H](C)[C@H](C)[C@H]1OCOC. The van der Waals surface area contributed by atoms with Crippen LogP contribution >= 0.6 is 0 Å². The monoisotopic (exact) mass is 828 g/mol. The fraction of sp³-hybridized carbons (Fsp3) is 0.580. The van der Waals surface area contributed by atoms with Crippen molar-refractivity contribution in [2.24, 2.45) is 23.7 Å².